The Morgan fingerprint density at radius 1 is 1.10 bits per heavy atom. The van der Waals surface area contributed by atoms with Gasteiger partial charge < -0.3 is 14.6 Å². The topological polar surface area (TPSA) is 85.7 Å². The number of hydrogen-bond donors (Lipinski definition) is 1. The number of ether oxygens (including phenoxy) is 2. The summed E-state index contributed by atoms with van der Waals surface area (Å²) in [6, 6.07) is 10.5. The van der Waals surface area contributed by atoms with Gasteiger partial charge in [-0.05, 0) is 38.1 Å². The molecule has 7 heteroatoms. The number of nitrogens with zero attached hydrogens (tertiary/aromatic N) is 1. The van der Waals surface area contributed by atoms with E-state index in [1.54, 1.807) is 13.8 Å². The van der Waals surface area contributed by atoms with E-state index in [4.69, 9.17) is 9.47 Å². The fraction of sp³-hybridized carbons (Fsp3) is 0.375. The van der Waals surface area contributed by atoms with Gasteiger partial charge in [0.2, 0.25) is 0 Å². The molecule has 0 bridgehead atoms. The second kappa shape index (κ2) is 8.30. The second-order valence-corrected chi connectivity index (χ2v) is 10.1. The first kappa shape index (κ1) is 22.7. The number of fused-ring (bicyclic) bond motifs is 1. The minimum atomic E-state index is -0.832. The van der Waals surface area contributed by atoms with Crippen LogP contribution in [0.4, 0.5) is 0 Å². The predicted molar refractivity (Wildman–Crippen MR) is 122 cm³/mol. The number of phenols is 1. The molecule has 0 atom stereocenters. The van der Waals surface area contributed by atoms with Crippen molar-refractivity contribution in [3.63, 3.8) is 0 Å². The third-order valence-corrected chi connectivity index (χ3v) is 5.96. The van der Waals surface area contributed by atoms with Gasteiger partial charge in [-0.2, -0.15) is 0 Å². The Morgan fingerprint density at radius 2 is 1.77 bits per heavy atom. The summed E-state index contributed by atoms with van der Waals surface area (Å²) >= 11 is 1.42. The lowest BCUT2D eigenvalue weighted by Crippen LogP contribution is -2.38. The van der Waals surface area contributed by atoms with Crippen molar-refractivity contribution >= 4 is 33.3 Å². The first-order valence-corrected chi connectivity index (χ1v) is 10.7. The van der Waals surface area contributed by atoms with Crippen molar-refractivity contribution in [3.05, 3.63) is 42.0 Å². The molecule has 2 aromatic carbocycles. The molecule has 3 rings (SSSR count). The summed E-state index contributed by atoms with van der Waals surface area (Å²) in [5.41, 5.74) is -0.00280. The molecule has 1 N–H and O–H groups in total. The van der Waals surface area contributed by atoms with Crippen molar-refractivity contribution in [2.75, 3.05) is 13.7 Å². The summed E-state index contributed by atoms with van der Waals surface area (Å²) in [5.74, 6) is -0.454. The van der Waals surface area contributed by atoms with E-state index in [-0.39, 0.29) is 23.7 Å². The maximum Gasteiger partial charge on any atom is 0.338 e. The van der Waals surface area contributed by atoms with E-state index < -0.39 is 16.8 Å². The van der Waals surface area contributed by atoms with Crippen molar-refractivity contribution in [1.29, 1.82) is 0 Å². The molecule has 0 aliphatic heterocycles. The van der Waals surface area contributed by atoms with E-state index in [0.717, 1.165) is 10.2 Å². The number of para-hydroxylation sites is 1. The molecule has 6 nitrogen and oxygen atoms in total. The third-order valence-electron chi connectivity index (χ3n) is 4.90. The van der Waals surface area contributed by atoms with Crippen LogP contribution in [0.2, 0.25) is 0 Å². The van der Waals surface area contributed by atoms with Crippen LogP contribution < -0.4 is 4.74 Å². The number of carbonyl (C=O) groups excluding carboxylic acids is 2. The summed E-state index contributed by atoms with van der Waals surface area (Å²) in [6.07, 6.45) is 0. The van der Waals surface area contributed by atoms with E-state index in [0.29, 0.717) is 16.3 Å². The van der Waals surface area contributed by atoms with Crippen LogP contribution in [0.25, 0.3) is 20.8 Å². The van der Waals surface area contributed by atoms with Gasteiger partial charge in [-0.15, -0.1) is 11.3 Å². The Hall–Kier alpha value is -2.93. The molecule has 1 aromatic heterocycles. The zero-order chi connectivity index (χ0) is 23.0. The number of benzene rings is 2. The third kappa shape index (κ3) is 4.71. The molecule has 0 unspecified atom stereocenters. The summed E-state index contributed by atoms with van der Waals surface area (Å²) in [4.78, 5) is 29.8. The van der Waals surface area contributed by atoms with Crippen LogP contribution in [-0.2, 0) is 9.53 Å². The average Bonchev–Trinajstić information content (AvgIpc) is 3.13. The maximum absolute atomic E-state index is 12.7. The van der Waals surface area contributed by atoms with E-state index in [9.17, 15) is 14.7 Å². The van der Waals surface area contributed by atoms with Crippen LogP contribution in [0.15, 0.2) is 36.4 Å². The number of ketones is 1. The first-order chi connectivity index (χ1) is 14.4. The zero-order valence-corrected chi connectivity index (χ0v) is 19.4. The Kier molecular flexibility index (Phi) is 6.09. The highest BCUT2D eigenvalue weighted by atomic mass is 32.1. The summed E-state index contributed by atoms with van der Waals surface area (Å²) in [6.45, 7) is 8.95. The number of carbonyl (C=O) groups is 2. The molecule has 0 spiro atoms. The van der Waals surface area contributed by atoms with Gasteiger partial charge in [0.05, 0.1) is 33.9 Å². The smallest absolute Gasteiger partial charge is 0.338 e. The quantitative estimate of drug-likeness (QED) is 0.510. The Balaban J connectivity index is 1.87. The lowest BCUT2D eigenvalue weighted by molar-refractivity contribution is -0.137. The van der Waals surface area contributed by atoms with Crippen LogP contribution in [0.1, 0.15) is 45.0 Å². The number of thiazole rings is 1. The van der Waals surface area contributed by atoms with Gasteiger partial charge >= 0.3 is 5.97 Å². The second-order valence-electron chi connectivity index (χ2n) is 9.10. The highest BCUT2D eigenvalue weighted by molar-refractivity contribution is 7.21. The van der Waals surface area contributed by atoms with Gasteiger partial charge in [-0.3, -0.25) is 4.79 Å². The zero-order valence-electron chi connectivity index (χ0n) is 18.6. The standard InChI is InChI=1S/C24H27NO5S/c1-23(2,3)22(28)24(4,5)13-30-21(27)14-11-16(26)19(17(12-14)29-6)20-25-15-9-7-8-10-18(15)31-20/h7-12,26H,13H2,1-6H3. The van der Waals surface area contributed by atoms with Gasteiger partial charge in [-0.1, -0.05) is 32.9 Å². The Bertz CT molecular complexity index is 1110. The fourth-order valence-corrected chi connectivity index (χ4v) is 4.51. The van der Waals surface area contributed by atoms with E-state index in [1.165, 1.54) is 30.6 Å². The minimum Gasteiger partial charge on any atom is -0.507 e. The number of aromatic hydroxyl groups is 1. The molecular weight excluding hydrogens is 414 g/mol. The number of hydrogen-bond acceptors (Lipinski definition) is 7. The molecule has 0 saturated heterocycles. The fourth-order valence-electron chi connectivity index (χ4n) is 3.48. The van der Waals surface area contributed by atoms with E-state index >= 15 is 0 Å². The van der Waals surface area contributed by atoms with Crippen molar-refractivity contribution in [2.24, 2.45) is 10.8 Å². The van der Waals surface area contributed by atoms with Crippen LogP contribution in [0, 0.1) is 10.8 Å². The summed E-state index contributed by atoms with van der Waals surface area (Å²) in [7, 11) is 1.46. The molecule has 0 amide bonds. The highest BCUT2D eigenvalue weighted by Crippen LogP contribution is 2.42. The van der Waals surface area contributed by atoms with Crippen molar-refractivity contribution in [1.82, 2.24) is 4.98 Å². The lowest BCUT2D eigenvalue weighted by Gasteiger charge is -2.30. The SMILES string of the molecule is COc1cc(C(=O)OCC(C)(C)C(=O)C(C)(C)C)cc(O)c1-c1nc2ccccc2s1. The summed E-state index contributed by atoms with van der Waals surface area (Å²) < 4.78 is 11.8. The van der Waals surface area contributed by atoms with Crippen molar-refractivity contribution in [2.45, 2.75) is 34.6 Å². The first-order valence-electron chi connectivity index (χ1n) is 9.93. The van der Waals surface area contributed by atoms with Crippen LogP contribution in [-0.4, -0.2) is 35.6 Å². The number of aromatic nitrogens is 1. The highest BCUT2D eigenvalue weighted by Gasteiger charge is 2.37. The lowest BCUT2D eigenvalue weighted by atomic mass is 9.75. The van der Waals surface area contributed by atoms with E-state index in [1.807, 2.05) is 45.0 Å². The normalized spacial score (nSPS) is 12.1. The molecule has 0 aliphatic carbocycles. The number of rotatable bonds is 6. The Morgan fingerprint density at radius 3 is 2.39 bits per heavy atom. The maximum atomic E-state index is 12.7. The molecule has 0 radical (unpaired) electrons. The number of phenolic OH excluding ortho intramolecular Hbond substituents is 1. The monoisotopic (exact) mass is 441 g/mol. The number of esters is 1. The molecule has 0 aliphatic rings. The predicted octanol–water partition coefficient (Wildman–Crippen LogP) is 5.48. The molecular formula is C24H27NO5S. The van der Waals surface area contributed by atoms with Gasteiger partial charge in [0, 0.05) is 5.41 Å². The van der Waals surface area contributed by atoms with Gasteiger partial charge in [0.1, 0.15) is 28.9 Å². The number of methoxy groups -OCH3 is 1. The molecule has 0 fully saturated rings. The summed E-state index contributed by atoms with van der Waals surface area (Å²) in [5, 5.41) is 11.3. The molecule has 1 heterocycles. The van der Waals surface area contributed by atoms with Crippen LogP contribution in [0.3, 0.4) is 0 Å². The largest absolute Gasteiger partial charge is 0.507 e. The molecule has 31 heavy (non-hydrogen) atoms. The minimum absolute atomic E-state index is 0.000545. The number of Topliss-reactive ketones (excluding diaryl/α,β-unsaturated/α-hetero) is 1. The van der Waals surface area contributed by atoms with Crippen molar-refractivity contribution < 1.29 is 24.2 Å². The van der Waals surface area contributed by atoms with Gasteiger partial charge in [-0.25, -0.2) is 9.78 Å². The van der Waals surface area contributed by atoms with Crippen molar-refractivity contribution in [3.8, 4) is 22.1 Å². The molecule has 3 aromatic rings. The molecule has 0 saturated carbocycles. The average molecular weight is 442 g/mol. The van der Waals surface area contributed by atoms with Crippen LogP contribution >= 0.6 is 11.3 Å². The van der Waals surface area contributed by atoms with Crippen LogP contribution in [0.5, 0.6) is 11.5 Å². The van der Waals surface area contributed by atoms with Gasteiger partial charge in [0.25, 0.3) is 0 Å². The van der Waals surface area contributed by atoms with E-state index in [2.05, 4.69) is 4.98 Å². The molecule has 164 valence electrons. The van der Waals surface area contributed by atoms with Gasteiger partial charge in [0.15, 0.2) is 0 Å². The Labute approximate surface area is 185 Å².